The van der Waals surface area contributed by atoms with Gasteiger partial charge in [-0.05, 0) is 36.9 Å². The smallest absolute Gasteiger partial charge is 0.148 e. The Morgan fingerprint density at radius 1 is 1.22 bits per heavy atom. The minimum Gasteiger partial charge on any atom is -0.483 e. The molecule has 2 unspecified atom stereocenters. The third-order valence-electron chi connectivity index (χ3n) is 2.97. The highest BCUT2D eigenvalue weighted by atomic mass is 32.1. The van der Waals surface area contributed by atoms with E-state index in [9.17, 15) is 0 Å². The molecule has 2 aromatic rings. The van der Waals surface area contributed by atoms with Gasteiger partial charge in [0.15, 0.2) is 0 Å². The molecule has 0 spiro atoms. The predicted octanol–water partition coefficient (Wildman–Crippen LogP) is 3.91. The highest BCUT2D eigenvalue weighted by Gasteiger charge is 2.21. The lowest BCUT2D eigenvalue weighted by atomic mass is 10.1. The van der Waals surface area contributed by atoms with Crippen LogP contribution in [0.1, 0.15) is 29.9 Å². The van der Waals surface area contributed by atoms with Crippen molar-refractivity contribution in [2.24, 2.45) is 5.73 Å². The first kappa shape index (κ1) is 13.1. The Morgan fingerprint density at radius 3 is 2.50 bits per heavy atom. The Hall–Kier alpha value is -1.32. The zero-order chi connectivity index (χ0) is 13.0. The molecule has 96 valence electrons. The maximum absolute atomic E-state index is 6.17. The van der Waals surface area contributed by atoms with Gasteiger partial charge in [-0.1, -0.05) is 30.7 Å². The van der Waals surface area contributed by atoms with E-state index in [2.05, 4.69) is 37.4 Å². The fourth-order valence-electron chi connectivity index (χ4n) is 1.79. The molecule has 2 atom stereocenters. The van der Waals surface area contributed by atoms with Crippen molar-refractivity contribution in [1.82, 2.24) is 0 Å². The third kappa shape index (κ3) is 3.12. The summed E-state index contributed by atoms with van der Waals surface area (Å²) in [7, 11) is 0. The molecule has 2 rings (SSSR count). The number of hydrogen-bond acceptors (Lipinski definition) is 3. The summed E-state index contributed by atoms with van der Waals surface area (Å²) < 4.78 is 6.05. The number of ether oxygens (including phenoxy) is 1. The summed E-state index contributed by atoms with van der Waals surface area (Å²) in [6, 6.07) is 12.2. The van der Waals surface area contributed by atoms with E-state index in [0.29, 0.717) is 0 Å². The zero-order valence-electron chi connectivity index (χ0n) is 10.8. The van der Waals surface area contributed by atoms with Gasteiger partial charge >= 0.3 is 0 Å². The Morgan fingerprint density at radius 2 is 1.94 bits per heavy atom. The first-order valence-corrected chi connectivity index (χ1v) is 7.11. The molecule has 2 N–H and O–H groups in total. The zero-order valence-corrected chi connectivity index (χ0v) is 11.6. The molecular formula is C15H19NOS. The molecule has 0 aliphatic carbocycles. The number of hydrogen-bond donors (Lipinski definition) is 1. The molecule has 0 aliphatic heterocycles. The summed E-state index contributed by atoms with van der Waals surface area (Å²) in [6.45, 7) is 4.15. The van der Waals surface area contributed by atoms with Gasteiger partial charge in [-0.25, -0.2) is 0 Å². The fraction of sp³-hybridized carbons (Fsp3) is 0.333. The molecule has 0 saturated carbocycles. The van der Waals surface area contributed by atoms with Crippen molar-refractivity contribution in [3.8, 4) is 5.75 Å². The van der Waals surface area contributed by atoms with Crippen LogP contribution in [0.25, 0.3) is 0 Å². The SMILES string of the molecule is CCC(N)C(Oc1ccc(C)cc1)c1cccs1. The Labute approximate surface area is 112 Å². The first-order chi connectivity index (χ1) is 8.70. The standard InChI is InChI=1S/C15H19NOS/c1-3-13(16)15(14-5-4-10-18-14)17-12-8-6-11(2)7-9-12/h4-10,13,15H,3,16H2,1-2H3. The lowest BCUT2D eigenvalue weighted by molar-refractivity contribution is 0.174. The molecule has 0 aliphatic rings. The van der Waals surface area contributed by atoms with Crippen LogP contribution >= 0.6 is 11.3 Å². The summed E-state index contributed by atoms with van der Waals surface area (Å²) in [4.78, 5) is 1.19. The second kappa shape index (κ2) is 6.03. The monoisotopic (exact) mass is 261 g/mol. The molecule has 0 radical (unpaired) electrons. The van der Waals surface area contributed by atoms with Gasteiger partial charge in [0.2, 0.25) is 0 Å². The number of nitrogens with two attached hydrogens (primary N) is 1. The minimum absolute atomic E-state index is 0.0185. The largest absolute Gasteiger partial charge is 0.483 e. The van der Waals surface area contributed by atoms with Gasteiger partial charge in [-0.15, -0.1) is 11.3 Å². The number of aryl methyl sites for hydroxylation is 1. The van der Waals surface area contributed by atoms with Crippen molar-refractivity contribution in [3.05, 3.63) is 52.2 Å². The van der Waals surface area contributed by atoms with Gasteiger partial charge < -0.3 is 10.5 Å². The van der Waals surface area contributed by atoms with Crippen molar-refractivity contribution in [3.63, 3.8) is 0 Å². The van der Waals surface area contributed by atoms with Crippen LogP contribution in [0.2, 0.25) is 0 Å². The van der Waals surface area contributed by atoms with E-state index in [4.69, 9.17) is 10.5 Å². The molecule has 3 heteroatoms. The van der Waals surface area contributed by atoms with Crippen LogP contribution in [0.5, 0.6) is 5.75 Å². The Kier molecular flexibility index (Phi) is 4.39. The van der Waals surface area contributed by atoms with Crippen LogP contribution in [0.4, 0.5) is 0 Å². The van der Waals surface area contributed by atoms with E-state index >= 15 is 0 Å². The lowest BCUT2D eigenvalue weighted by Crippen LogP contribution is -2.30. The van der Waals surface area contributed by atoms with Gasteiger partial charge in [0, 0.05) is 10.9 Å². The fourth-order valence-corrected chi connectivity index (χ4v) is 2.62. The Bertz CT molecular complexity index is 464. The molecule has 0 saturated heterocycles. The normalized spacial score (nSPS) is 14.2. The van der Waals surface area contributed by atoms with Crippen molar-refractivity contribution in [2.75, 3.05) is 0 Å². The van der Waals surface area contributed by atoms with Gasteiger partial charge in [0.1, 0.15) is 11.9 Å². The highest BCUT2D eigenvalue weighted by molar-refractivity contribution is 7.10. The first-order valence-electron chi connectivity index (χ1n) is 6.23. The summed E-state index contributed by atoms with van der Waals surface area (Å²) in [6.07, 6.45) is 0.840. The molecular weight excluding hydrogens is 242 g/mol. The maximum atomic E-state index is 6.17. The summed E-state index contributed by atoms with van der Waals surface area (Å²) in [5.41, 5.74) is 7.40. The number of benzene rings is 1. The van der Waals surface area contributed by atoms with E-state index in [1.54, 1.807) is 11.3 Å². The van der Waals surface area contributed by atoms with E-state index in [0.717, 1.165) is 12.2 Å². The molecule has 1 aromatic heterocycles. The van der Waals surface area contributed by atoms with Gasteiger partial charge in [-0.3, -0.25) is 0 Å². The third-order valence-corrected chi connectivity index (χ3v) is 3.90. The molecule has 0 amide bonds. The van der Waals surface area contributed by atoms with Crippen molar-refractivity contribution in [1.29, 1.82) is 0 Å². The van der Waals surface area contributed by atoms with Crippen LogP contribution in [0.3, 0.4) is 0 Å². The van der Waals surface area contributed by atoms with Crippen molar-refractivity contribution >= 4 is 11.3 Å². The maximum Gasteiger partial charge on any atom is 0.148 e. The summed E-state index contributed by atoms with van der Waals surface area (Å²) in [5, 5.41) is 2.06. The summed E-state index contributed by atoms with van der Waals surface area (Å²) in [5.74, 6) is 0.878. The van der Waals surface area contributed by atoms with Crippen LogP contribution in [-0.2, 0) is 0 Å². The molecule has 1 heterocycles. The van der Waals surface area contributed by atoms with Gasteiger partial charge in [0.25, 0.3) is 0 Å². The van der Waals surface area contributed by atoms with E-state index in [1.807, 2.05) is 18.2 Å². The second-order valence-electron chi connectivity index (χ2n) is 4.44. The van der Waals surface area contributed by atoms with Crippen molar-refractivity contribution < 1.29 is 4.74 Å². The summed E-state index contributed by atoms with van der Waals surface area (Å²) >= 11 is 1.69. The van der Waals surface area contributed by atoms with Gasteiger partial charge in [-0.2, -0.15) is 0 Å². The highest BCUT2D eigenvalue weighted by Crippen LogP contribution is 2.28. The quantitative estimate of drug-likeness (QED) is 0.885. The second-order valence-corrected chi connectivity index (χ2v) is 5.42. The number of thiophene rings is 1. The van der Waals surface area contributed by atoms with Crippen molar-refractivity contribution in [2.45, 2.75) is 32.4 Å². The van der Waals surface area contributed by atoms with E-state index in [1.165, 1.54) is 10.4 Å². The van der Waals surface area contributed by atoms with Crippen LogP contribution in [-0.4, -0.2) is 6.04 Å². The average molecular weight is 261 g/mol. The van der Waals surface area contributed by atoms with Crippen LogP contribution in [0, 0.1) is 6.92 Å². The number of rotatable bonds is 5. The average Bonchev–Trinajstić information content (AvgIpc) is 2.91. The topological polar surface area (TPSA) is 35.2 Å². The van der Waals surface area contributed by atoms with Crippen LogP contribution in [0.15, 0.2) is 41.8 Å². The van der Waals surface area contributed by atoms with Crippen LogP contribution < -0.4 is 10.5 Å². The predicted molar refractivity (Wildman–Crippen MR) is 77.1 cm³/mol. The van der Waals surface area contributed by atoms with E-state index in [-0.39, 0.29) is 12.1 Å². The lowest BCUT2D eigenvalue weighted by Gasteiger charge is -2.23. The molecule has 0 bridgehead atoms. The molecule has 1 aromatic carbocycles. The molecule has 0 fully saturated rings. The molecule has 18 heavy (non-hydrogen) atoms. The van der Waals surface area contributed by atoms with Gasteiger partial charge in [0.05, 0.1) is 0 Å². The van der Waals surface area contributed by atoms with E-state index < -0.39 is 0 Å². The molecule has 2 nitrogen and oxygen atoms in total. The Balaban J connectivity index is 2.17. The minimum atomic E-state index is -0.0577.